The van der Waals surface area contributed by atoms with Gasteiger partial charge in [0.2, 0.25) is 0 Å². The lowest BCUT2D eigenvalue weighted by atomic mass is 9.84. The van der Waals surface area contributed by atoms with Gasteiger partial charge in [-0.1, -0.05) is 63.2 Å². The fraction of sp³-hybridized carbons (Fsp3) is 0.474. The first-order valence-electron chi connectivity index (χ1n) is 7.97. The first kappa shape index (κ1) is 14.6. The van der Waals surface area contributed by atoms with Crippen LogP contribution in [0.1, 0.15) is 26.3 Å². The molecule has 0 bridgehead atoms. The topological polar surface area (TPSA) is 15.3 Å². The number of nitrogens with zero attached hydrogens (tertiary/aromatic N) is 1. The van der Waals surface area contributed by atoms with Crippen LogP contribution in [0.15, 0.2) is 42.5 Å². The molecular weight excluding hydrogens is 256 g/mol. The lowest BCUT2D eigenvalue weighted by Gasteiger charge is -2.43. The highest BCUT2D eigenvalue weighted by Gasteiger charge is 2.32. The van der Waals surface area contributed by atoms with E-state index in [1.165, 1.54) is 16.3 Å². The van der Waals surface area contributed by atoms with E-state index in [9.17, 15) is 0 Å². The van der Waals surface area contributed by atoms with Crippen molar-refractivity contribution in [2.24, 2.45) is 5.41 Å². The van der Waals surface area contributed by atoms with Crippen molar-refractivity contribution in [3.8, 4) is 0 Å². The number of hydrogen-bond acceptors (Lipinski definition) is 2. The van der Waals surface area contributed by atoms with Gasteiger partial charge in [0.05, 0.1) is 0 Å². The van der Waals surface area contributed by atoms with Crippen molar-refractivity contribution in [2.75, 3.05) is 19.6 Å². The van der Waals surface area contributed by atoms with Gasteiger partial charge in [-0.2, -0.15) is 0 Å². The fourth-order valence-corrected chi connectivity index (χ4v) is 3.44. The molecule has 1 unspecified atom stereocenters. The minimum Gasteiger partial charge on any atom is -0.314 e. The van der Waals surface area contributed by atoms with Crippen LogP contribution in [0, 0.1) is 5.41 Å². The van der Waals surface area contributed by atoms with Gasteiger partial charge >= 0.3 is 0 Å². The van der Waals surface area contributed by atoms with Crippen molar-refractivity contribution >= 4 is 10.8 Å². The Morgan fingerprint density at radius 1 is 1.10 bits per heavy atom. The zero-order chi connectivity index (χ0) is 14.9. The van der Waals surface area contributed by atoms with E-state index < -0.39 is 0 Å². The van der Waals surface area contributed by atoms with Crippen LogP contribution in [0.4, 0.5) is 0 Å². The van der Waals surface area contributed by atoms with Gasteiger partial charge < -0.3 is 5.32 Å². The molecule has 1 aliphatic heterocycles. The summed E-state index contributed by atoms with van der Waals surface area (Å²) >= 11 is 0. The first-order chi connectivity index (χ1) is 10.1. The Morgan fingerprint density at radius 2 is 1.86 bits per heavy atom. The Morgan fingerprint density at radius 3 is 2.67 bits per heavy atom. The molecule has 1 heterocycles. The van der Waals surface area contributed by atoms with Gasteiger partial charge in [-0.25, -0.2) is 0 Å². The van der Waals surface area contributed by atoms with Gasteiger partial charge in [0.15, 0.2) is 0 Å². The van der Waals surface area contributed by atoms with Crippen LogP contribution in [0.25, 0.3) is 10.8 Å². The number of hydrogen-bond donors (Lipinski definition) is 1. The van der Waals surface area contributed by atoms with E-state index in [1.807, 2.05) is 0 Å². The van der Waals surface area contributed by atoms with Crippen LogP contribution >= 0.6 is 0 Å². The van der Waals surface area contributed by atoms with Crippen LogP contribution in [0.2, 0.25) is 0 Å². The Balaban J connectivity index is 1.90. The van der Waals surface area contributed by atoms with Crippen molar-refractivity contribution in [1.29, 1.82) is 0 Å². The number of piperazine rings is 1. The average Bonchev–Trinajstić information content (AvgIpc) is 2.47. The zero-order valence-corrected chi connectivity index (χ0v) is 13.4. The molecule has 112 valence electrons. The van der Waals surface area contributed by atoms with Gasteiger partial charge in [-0.05, 0) is 21.8 Å². The summed E-state index contributed by atoms with van der Waals surface area (Å²) in [5, 5.41) is 6.29. The lowest BCUT2D eigenvalue weighted by molar-refractivity contribution is 0.0692. The second-order valence-corrected chi connectivity index (χ2v) is 7.19. The Kier molecular flexibility index (Phi) is 4.01. The number of benzene rings is 2. The van der Waals surface area contributed by atoms with E-state index in [0.29, 0.717) is 11.5 Å². The third-order valence-corrected chi connectivity index (χ3v) is 4.61. The maximum Gasteiger partial charge on any atom is 0.0273 e. The zero-order valence-electron chi connectivity index (χ0n) is 13.4. The summed E-state index contributed by atoms with van der Waals surface area (Å²) < 4.78 is 0. The maximum atomic E-state index is 3.55. The average molecular weight is 282 g/mol. The van der Waals surface area contributed by atoms with Crippen molar-refractivity contribution in [1.82, 2.24) is 10.2 Å². The molecule has 2 aromatic rings. The van der Waals surface area contributed by atoms with Crippen LogP contribution in [0.5, 0.6) is 0 Å². The SMILES string of the molecule is CC(C)(C)C1CNCCN1Cc1cccc2ccccc12. The summed E-state index contributed by atoms with van der Waals surface area (Å²) in [6, 6.07) is 16.0. The van der Waals surface area contributed by atoms with Crippen LogP contribution in [-0.4, -0.2) is 30.6 Å². The van der Waals surface area contributed by atoms with E-state index in [-0.39, 0.29) is 0 Å². The Hall–Kier alpha value is -1.38. The van der Waals surface area contributed by atoms with Crippen molar-refractivity contribution in [3.05, 3.63) is 48.0 Å². The molecule has 2 heteroatoms. The number of fused-ring (bicyclic) bond motifs is 1. The van der Waals surface area contributed by atoms with E-state index in [1.54, 1.807) is 0 Å². The molecule has 1 saturated heterocycles. The van der Waals surface area contributed by atoms with E-state index >= 15 is 0 Å². The predicted octanol–water partition coefficient (Wildman–Crippen LogP) is 3.66. The van der Waals surface area contributed by atoms with Crippen LogP contribution in [-0.2, 0) is 6.54 Å². The fourth-order valence-electron chi connectivity index (χ4n) is 3.44. The molecule has 2 aromatic carbocycles. The second kappa shape index (κ2) is 5.78. The smallest absolute Gasteiger partial charge is 0.0273 e. The van der Waals surface area contributed by atoms with Crippen LogP contribution in [0.3, 0.4) is 0 Å². The highest BCUT2D eigenvalue weighted by atomic mass is 15.2. The molecule has 3 rings (SSSR count). The maximum absolute atomic E-state index is 3.55. The lowest BCUT2D eigenvalue weighted by Crippen LogP contribution is -2.56. The molecule has 0 spiro atoms. The molecule has 0 aromatic heterocycles. The molecule has 1 fully saturated rings. The van der Waals surface area contributed by atoms with Gasteiger partial charge in [-0.3, -0.25) is 4.90 Å². The second-order valence-electron chi connectivity index (χ2n) is 7.19. The van der Waals surface area contributed by atoms with E-state index in [2.05, 4.69) is 73.5 Å². The summed E-state index contributed by atoms with van der Waals surface area (Å²) in [4.78, 5) is 2.65. The molecular formula is C19H26N2. The third kappa shape index (κ3) is 3.12. The molecule has 1 atom stereocenters. The normalized spacial score (nSPS) is 20.8. The summed E-state index contributed by atoms with van der Waals surface area (Å²) in [6.45, 7) is 11.4. The largest absolute Gasteiger partial charge is 0.314 e. The molecule has 0 saturated carbocycles. The molecule has 1 N–H and O–H groups in total. The molecule has 0 aliphatic carbocycles. The standard InChI is InChI=1S/C19H26N2/c1-19(2,3)18-13-20-11-12-21(18)14-16-9-6-8-15-7-4-5-10-17(15)16/h4-10,18,20H,11-14H2,1-3H3. The highest BCUT2D eigenvalue weighted by molar-refractivity contribution is 5.85. The summed E-state index contributed by atoms with van der Waals surface area (Å²) in [5.74, 6) is 0. The Bertz CT molecular complexity index is 607. The molecule has 21 heavy (non-hydrogen) atoms. The number of nitrogens with one attached hydrogen (secondary N) is 1. The molecule has 0 amide bonds. The van der Waals surface area contributed by atoms with Gasteiger partial charge in [0.25, 0.3) is 0 Å². The van der Waals surface area contributed by atoms with Crippen molar-refractivity contribution in [3.63, 3.8) is 0 Å². The minimum absolute atomic E-state index is 0.304. The molecule has 0 radical (unpaired) electrons. The number of rotatable bonds is 2. The van der Waals surface area contributed by atoms with Crippen LogP contribution < -0.4 is 5.32 Å². The van der Waals surface area contributed by atoms with E-state index in [4.69, 9.17) is 0 Å². The molecule has 2 nitrogen and oxygen atoms in total. The van der Waals surface area contributed by atoms with E-state index in [0.717, 1.165) is 26.2 Å². The third-order valence-electron chi connectivity index (χ3n) is 4.61. The first-order valence-corrected chi connectivity index (χ1v) is 7.97. The monoisotopic (exact) mass is 282 g/mol. The Labute approximate surface area is 128 Å². The predicted molar refractivity (Wildman–Crippen MR) is 90.5 cm³/mol. The van der Waals surface area contributed by atoms with Gasteiger partial charge in [0.1, 0.15) is 0 Å². The summed E-state index contributed by atoms with van der Waals surface area (Å²) in [6.07, 6.45) is 0. The minimum atomic E-state index is 0.304. The van der Waals surface area contributed by atoms with Gasteiger partial charge in [-0.15, -0.1) is 0 Å². The van der Waals surface area contributed by atoms with Crippen molar-refractivity contribution < 1.29 is 0 Å². The summed E-state index contributed by atoms with van der Waals surface area (Å²) in [5.41, 5.74) is 1.75. The quantitative estimate of drug-likeness (QED) is 0.904. The van der Waals surface area contributed by atoms with Gasteiger partial charge in [0, 0.05) is 32.2 Å². The summed E-state index contributed by atoms with van der Waals surface area (Å²) in [7, 11) is 0. The van der Waals surface area contributed by atoms with Crippen molar-refractivity contribution in [2.45, 2.75) is 33.4 Å². The highest BCUT2D eigenvalue weighted by Crippen LogP contribution is 2.28. The molecule has 1 aliphatic rings.